The third-order valence-electron chi connectivity index (χ3n) is 6.33. The number of aryl methyl sites for hydroxylation is 1. The summed E-state index contributed by atoms with van der Waals surface area (Å²) < 4.78 is 14.0. The van der Waals surface area contributed by atoms with Gasteiger partial charge in [-0.1, -0.05) is 55.5 Å². The fourth-order valence-corrected chi connectivity index (χ4v) is 4.45. The van der Waals surface area contributed by atoms with E-state index in [1.54, 1.807) is 17.9 Å². The first-order valence-corrected chi connectivity index (χ1v) is 12.0. The van der Waals surface area contributed by atoms with E-state index in [0.717, 1.165) is 27.8 Å². The number of hydrogen-bond donors (Lipinski definition) is 3. The summed E-state index contributed by atoms with van der Waals surface area (Å²) in [5.74, 6) is -0.764. The summed E-state index contributed by atoms with van der Waals surface area (Å²) in [6.07, 6.45) is 1.18. The van der Waals surface area contributed by atoms with E-state index in [0.29, 0.717) is 25.1 Å². The molecule has 1 aliphatic rings. The number of amides is 4. The molecule has 0 unspecified atom stereocenters. The molecule has 0 bridgehead atoms. The Labute approximate surface area is 209 Å². The Morgan fingerprint density at radius 1 is 1.08 bits per heavy atom. The molecule has 0 saturated heterocycles. The van der Waals surface area contributed by atoms with Gasteiger partial charge in [0.05, 0.1) is 6.54 Å². The van der Waals surface area contributed by atoms with Gasteiger partial charge < -0.3 is 21.3 Å². The van der Waals surface area contributed by atoms with Crippen LogP contribution in [0.3, 0.4) is 0 Å². The van der Waals surface area contributed by atoms with Crippen molar-refractivity contribution in [3.63, 3.8) is 0 Å². The van der Waals surface area contributed by atoms with Gasteiger partial charge in [-0.25, -0.2) is 9.18 Å². The first-order valence-electron chi connectivity index (χ1n) is 12.0. The van der Waals surface area contributed by atoms with Crippen LogP contribution >= 0.6 is 0 Å². The second kappa shape index (κ2) is 11.0. The summed E-state index contributed by atoms with van der Waals surface area (Å²) >= 11 is 0. The average Bonchev–Trinajstić information content (AvgIpc) is 3.00. The molecule has 0 aromatic heterocycles. The number of primary amides is 1. The molecule has 0 radical (unpaired) electrons. The Bertz CT molecular complexity index is 1280. The maximum Gasteiger partial charge on any atom is 0.312 e. The summed E-state index contributed by atoms with van der Waals surface area (Å²) in [6.45, 7) is 2.33. The number of anilines is 1. The van der Waals surface area contributed by atoms with Gasteiger partial charge >= 0.3 is 6.03 Å². The Morgan fingerprint density at radius 2 is 1.83 bits per heavy atom. The lowest BCUT2D eigenvalue weighted by Gasteiger charge is -2.26. The predicted molar refractivity (Wildman–Crippen MR) is 136 cm³/mol. The van der Waals surface area contributed by atoms with Crippen molar-refractivity contribution in [2.75, 3.05) is 4.90 Å². The SMILES string of the molecule is CCC(=O)N[C@@H]1CCc2cc(F)ccc2N(Cc2ccc(-c3ccccc3CNC(N)=O)cc2)C1=O. The highest BCUT2D eigenvalue weighted by Gasteiger charge is 2.31. The maximum atomic E-state index is 14.0. The van der Waals surface area contributed by atoms with Gasteiger partial charge in [0.2, 0.25) is 11.8 Å². The van der Waals surface area contributed by atoms with Crippen LogP contribution in [0.4, 0.5) is 14.9 Å². The number of halogens is 1. The second-order valence-corrected chi connectivity index (χ2v) is 8.78. The number of rotatable bonds is 7. The molecule has 4 amide bonds. The number of fused-ring (bicyclic) bond motifs is 1. The van der Waals surface area contributed by atoms with E-state index >= 15 is 0 Å². The van der Waals surface area contributed by atoms with Gasteiger partial charge in [-0.3, -0.25) is 9.59 Å². The van der Waals surface area contributed by atoms with Crippen LogP contribution in [0.2, 0.25) is 0 Å². The molecule has 1 heterocycles. The second-order valence-electron chi connectivity index (χ2n) is 8.78. The topological polar surface area (TPSA) is 105 Å². The number of benzene rings is 3. The predicted octanol–water partition coefficient (Wildman–Crippen LogP) is 4.04. The molecule has 0 saturated carbocycles. The quantitative estimate of drug-likeness (QED) is 0.468. The van der Waals surface area contributed by atoms with Crippen LogP contribution in [-0.2, 0) is 29.1 Å². The van der Waals surface area contributed by atoms with E-state index < -0.39 is 12.1 Å². The normalized spacial score (nSPS) is 15.1. The summed E-state index contributed by atoms with van der Waals surface area (Å²) in [5, 5.41) is 5.44. The van der Waals surface area contributed by atoms with Crippen molar-refractivity contribution < 1.29 is 18.8 Å². The molecular weight excluding hydrogens is 459 g/mol. The van der Waals surface area contributed by atoms with E-state index in [4.69, 9.17) is 5.73 Å². The molecule has 7 nitrogen and oxygen atoms in total. The van der Waals surface area contributed by atoms with Gasteiger partial charge in [0.25, 0.3) is 0 Å². The van der Waals surface area contributed by atoms with Gasteiger partial charge in [-0.15, -0.1) is 0 Å². The van der Waals surface area contributed by atoms with Crippen molar-refractivity contribution >= 4 is 23.5 Å². The number of nitrogens with one attached hydrogen (secondary N) is 2. The Kier molecular flexibility index (Phi) is 7.63. The van der Waals surface area contributed by atoms with Crippen molar-refractivity contribution in [2.45, 2.75) is 45.3 Å². The number of hydrogen-bond acceptors (Lipinski definition) is 3. The largest absolute Gasteiger partial charge is 0.352 e. The van der Waals surface area contributed by atoms with Crippen LogP contribution < -0.4 is 21.3 Å². The monoisotopic (exact) mass is 488 g/mol. The summed E-state index contributed by atoms with van der Waals surface area (Å²) in [7, 11) is 0. The Balaban J connectivity index is 1.61. The zero-order valence-corrected chi connectivity index (χ0v) is 20.1. The molecule has 1 aliphatic heterocycles. The third-order valence-corrected chi connectivity index (χ3v) is 6.33. The van der Waals surface area contributed by atoms with E-state index in [1.807, 2.05) is 48.5 Å². The van der Waals surface area contributed by atoms with Gasteiger partial charge in [0.15, 0.2) is 0 Å². The molecule has 0 fully saturated rings. The first-order chi connectivity index (χ1) is 17.4. The zero-order valence-electron chi connectivity index (χ0n) is 20.1. The molecule has 3 aromatic carbocycles. The standard InChI is InChI=1S/C28H29FN4O3/c1-2-26(34)32-24-13-11-20-15-22(29)12-14-25(20)33(27(24)35)17-18-7-9-19(10-8-18)23-6-4-3-5-21(23)16-31-28(30)36/h3-10,12,14-15,24H,2,11,13,16-17H2,1H3,(H,32,34)(H3,30,31,36)/t24-/m1/s1. The lowest BCUT2D eigenvalue weighted by atomic mass is 9.98. The summed E-state index contributed by atoms with van der Waals surface area (Å²) in [6, 6.07) is 18.7. The smallest absolute Gasteiger partial charge is 0.312 e. The highest BCUT2D eigenvalue weighted by atomic mass is 19.1. The number of carbonyl (C=O) groups is 3. The minimum atomic E-state index is -0.670. The fourth-order valence-electron chi connectivity index (χ4n) is 4.45. The average molecular weight is 489 g/mol. The van der Waals surface area contributed by atoms with E-state index in [9.17, 15) is 18.8 Å². The van der Waals surface area contributed by atoms with Crippen LogP contribution in [0.25, 0.3) is 11.1 Å². The molecule has 186 valence electrons. The van der Waals surface area contributed by atoms with Crippen molar-refractivity contribution in [1.29, 1.82) is 0 Å². The molecule has 4 N–H and O–H groups in total. The van der Waals surface area contributed by atoms with E-state index in [1.165, 1.54) is 12.1 Å². The summed E-state index contributed by atoms with van der Waals surface area (Å²) in [5.41, 5.74) is 10.4. The zero-order chi connectivity index (χ0) is 25.7. The third kappa shape index (κ3) is 5.71. The van der Waals surface area contributed by atoms with Crippen molar-refractivity contribution in [3.05, 3.63) is 89.2 Å². The Hall–Kier alpha value is -4.20. The van der Waals surface area contributed by atoms with Crippen molar-refractivity contribution in [3.8, 4) is 11.1 Å². The van der Waals surface area contributed by atoms with E-state index in [-0.39, 0.29) is 30.6 Å². The molecule has 4 rings (SSSR count). The molecule has 3 aromatic rings. The van der Waals surface area contributed by atoms with Gasteiger partial charge in [-0.05, 0) is 58.9 Å². The number of carbonyl (C=O) groups excluding carboxylic acids is 3. The molecule has 0 spiro atoms. The van der Waals surface area contributed by atoms with Crippen LogP contribution in [-0.4, -0.2) is 23.9 Å². The highest BCUT2D eigenvalue weighted by molar-refractivity contribution is 6.00. The van der Waals surface area contributed by atoms with Crippen molar-refractivity contribution in [2.24, 2.45) is 5.73 Å². The maximum absolute atomic E-state index is 14.0. The van der Waals surface area contributed by atoms with Gasteiger partial charge in [0.1, 0.15) is 11.9 Å². The summed E-state index contributed by atoms with van der Waals surface area (Å²) in [4.78, 5) is 38.3. The van der Waals surface area contributed by atoms with E-state index in [2.05, 4.69) is 10.6 Å². The van der Waals surface area contributed by atoms with Gasteiger partial charge in [0, 0.05) is 18.7 Å². The number of urea groups is 1. The van der Waals surface area contributed by atoms with Crippen LogP contribution in [0.1, 0.15) is 36.5 Å². The number of nitrogens with zero attached hydrogens (tertiary/aromatic N) is 1. The minimum absolute atomic E-state index is 0.195. The molecule has 1 atom stereocenters. The van der Waals surface area contributed by atoms with Crippen LogP contribution in [0, 0.1) is 5.82 Å². The minimum Gasteiger partial charge on any atom is -0.352 e. The lowest BCUT2D eigenvalue weighted by molar-refractivity contribution is -0.127. The lowest BCUT2D eigenvalue weighted by Crippen LogP contribution is -2.47. The van der Waals surface area contributed by atoms with Crippen LogP contribution in [0.5, 0.6) is 0 Å². The van der Waals surface area contributed by atoms with Crippen LogP contribution in [0.15, 0.2) is 66.7 Å². The molecule has 8 heteroatoms. The molecule has 36 heavy (non-hydrogen) atoms. The Morgan fingerprint density at radius 3 is 2.56 bits per heavy atom. The fraction of sp³-hybridized carbons (Fsp3) is 0.250. The van der Waals surface area contributed by atoms with Gasteiger partial charge in [-0.2, -0.15) is 0 Å². The highest BCUT2D eigenvalue weighted by Crippen LogP contribution is 2.30. The number of nitrogens with two attached hydrogens (primary N) is 1. The molecule has 0 aliphatic carbocycles. The van der Waals surface area contributed by atoms with Crippen molar-refractivity contribution in [1.82, 2.24) is 10.6 Å². The first kappa shape index (κ1) is 24.9. The molecular formula is C28H29FN4O3.